The van der Waals surface area contributed by atoms with Crippen molar-refractivity contribution in [3.8, 4) is 0 Å². The molecule has 3 atom stereocenters. The minimum Gasteiger partial charge on any atom is -0.396 e. The third-order valence-electron chi connectivity index (χ3n) is 4.38. The average molecular weight is 267 g/mol. The van der Waals surface area contributed by atoms with Crippen LogP contribution in [0.2, 0.25) is 12.6 Å². The van der Waals surface area contributed by atoms with E-state index in [-0.39, 0.29) is 0 Å². The Morgan fingerprint density at radius 3 is 2.32 bits per heavy atom. The van der Waals surface area contributed by atoms with E-state index in [0.717, 1.165) is 18.7 Å². The molecule has 1 fully saturated rings. The molecule has 0 bridgehead atoms. The lowest BCUT2D eigenvalue weighted by Gasteiger charge is -2.22. The van der Waals surface area contributed by atoms with Crippen LogP contribution in [0.1, 0.15) is 65.2 Å². The van der Waals surface area contributed by atoms with Crippen molar-refractivity contribution < 1.29 is 9.84 Å². The topological polar surface area (TPSA) is 29.5 Å². The molecule has 0 aliphatic heterocycles. The van der Waals surface area contributed by atoms with E-state index in [1.54, 1.807) is 0 Å². The van der Waals surface area contributed by atoms with Crippen molar-refractivity contribution in [2.45, 2.75) is 90.1 Å². The Bertz CT molecular complexity index is 221. The summed E-state index contributed by atoms with van der Waals surface area (Å²) in [7, 11) is 2.37. The second kappa shape index (κ2) is 9.82. The summed E-state index contributed by atoms with van der Waals surface area (Å²) in [6, 6.07) is 0. The van der Waals surface area contributed by atoms with Crippen LogP contribution in [0.25, 0.3) is 0 Å². The summed E-state index contributed by atoms with van der Waals surface area (Å²) < 4.78 is 6.03. The Morgan fingerprint density at radius 2 is 1.74 bits per heavy atom. The molecular formula is C16H32BO2. The van der Waals surface area contributed by atoms with Gasteiger partial charge in [0.15, 0.2) is 0 Å². The molecule has 1 radical (unpaired) electrons. The van der Waals surface area contributed by atoms with E-state index in [9.17, 15) is 5.11 Å². The Kier molecular flexibility index (Phi) is 8.81. The number of ether oxygens (including phenoxy) is 1. The van der Waals surface area contributed by atoms with Gasteiger partial charge in [0, 0.05) is 6.61 Å². The van der Waals surface area contributed by atoms with Crippen LogP contribution in [0.4, 0.5) is 0 Å². The lowest BCUT2D eigenvalue weighted by atomic mass is 9.63. The van der Waals surface area contributed by atoms with Crippen LogP contribution >= 0.6 is 0 Å². The Hall–Kier alpha value is -0.0151. The molecular weight excluding hydrogens is 235 g/mol. The predicted octanol–water partition coefficient (Wildman–Crippen LogP) is 4.06. The molecule has 0 heterocycles. The summed E-state index contributed by atoms with van der Waals surface area (Å²) in [5.41, 5.74) is 0. The van der Waals surface area contributed by atoms with Crippen LogP contribution in [0, 0.1) is 5.92 Å². The average Bonchev–Trinajstić information content (AvgIpc) is 2.42. The van der Waals surface area contributed by atoms with Crippen molar-refractivity contribution in [1.29, 1.82) is 0 Å². The van der Waals surface area contributed by atoms with E-state index in [2.05, 4.69) is 28.0 Å². The highest BCUT2D eigenvalue weighted by Crippen LogP contribution is 2.28. The molecule has 0 amide bonds. The molecule has 19 heavy (non-hydrogen) atoms. The first kappa shape index (κ1) is 17.0. The summed E-state index contributed by atoms with van der Waals surface area (Å²) in [4.78, 5) is 0. The highest BCUT2D eigenvalue weighted by Gasteiger charge is 2.18. The molecule has 1 aliphatic carbocycles. The Labute approximate surface area is 120 Å². The van der Waals surface area contributed by atoms with E-state index in [4.69, 9.17) is 4.74 Å². The number of aliphatic hydroxyl groups excluding tert-OH is 1. The largest absolute Gasteiger partial charge is 0.396 e. The summed E-state index contributed by atoms with van der Waals surface area (Å²) >= 11 is 0. The molecule has 0 aromatic heterocycles. The van der Waals surface area contributed by atoms with Gasteiger partial charge in [-0.1, -0.05) is 38.3 Å². The summed E-state index contributed by atoms with van der Waals surface area (Å²) in [6.07, 6.45) is 10.4. The maximum absolute atomic E-state index is 9.48. The highest BCUT2D eigenvalue weighted by molar-refractivity contribution is 6.35. The van der Waals surface area contributed by atoms with Crippen LogP contribution in [0.5, 0.6) is 0 Å². The van der Waals surface area contributed by atoms with Crippen molar-refractivity contribution in [2.75, 3.05) is 6.61 Å². The third kappa shape index (κ3) is 7.36. The van der Waals surface area contributed by atoms with Crippen molar-refractivity contribution >= 4 is 7.28 Å². The second-order valence-electron chi connectivity index (χ2n) is 6.39. The molecule has 3 unspecified atom stereocenters. The molecule has 1 rings (SSSR count). The standard InChI is InChI=1S/C16H32BO2/c1-13(2)19-16-9-5-8-15(17-3)7-4-6-14(12-18)10-11-16/h13-16,18H,4-12H2,1-3H3. The van der Waals surface area contributed by atoms with Gasteiger partial charge in [-0.25, -0.2) is 0 Å². The van der Waals surface area contributed by atoms with Crippen LogP contribution in [0.3, 0.4) is 0 Å². The van der Waals surface area contributed by atoms with Gasteiger partial charge in [0.2, 0.25) is 0 Å². The van der Waals surface area contributed by atoms with E-state index in [1.807, 2.05) is 0 Å². The fraction of sp³-hybridized carbons (Fsp3) is 1.00. The number of hydrogen-bond donors (Lipinski definition) is 1. The molecule has 2 nitrogen and oxygen atoms in total. The van der Waals surface area contributed by atoms with Crippen LogP contribution < -0.4 is 0 Å². The van der Waals surface area contributed by atoms with Gasteiger partial charge >= 0.3 is 0 Å². The van der Waals surface area contributed by atoms with Gasteiger partial charge in [0.05, 0.1) is 12.2 Å². The second-order valence-corrected chi connectivity index (χ2v) is 6.39. The molecule has 3 heteroatoms. The normalized spacial score (nSPS) is 30.9. The summed E-state index contributed by atoms with van der Waals surface area (Å²) in [5.74, 6) is 1.24. The SMILES string of the molecule is C[B]C1CCCC(CO)CCC(OC(C)C)CCC1. The van der Waals surface area contributed by atoms with Crippen molar-refractivity contribution in [3.63, 3.8) is 0 Å². The molecule has 0 aromatic rings. The molecule has 0 aromatic carbocycles. The lowest BCUT2D eigenvalue weighted by Crippen LogP contribution is -2.20. The first-order chi connectivity index (χ1) is 9.15. The quantitative estimate of drug-likeness (QED) is 0.778. The van der Waals surface area contributed by atoms with Gasteiger partial charge in [-0.05, 0) is 45.4 Å². The van der Waals surface area contributed by atoms with E-state index < -0.39 is 0 Å². The zero-order chi connectivity index (χ0) is 14.1. The monoisotopic (exact) mass is 267 g/mol. The number of rotatable bonds is 4. The zero-order valence-corrected chi connectivity index (χ0v) is 13.1. The zero-order valence-electron chi connectivity index (χ0n) is 13.1. The first-order valence-corrected chi connectivity index (χ1v) is 8.21. The molecule has 111 valence electrons. The molecule has 0 saturated heterocycles. The highest BCUT2D eigenvalue weighted by atomic mass is 16.5. The van der Waals surface area contributed by atoms with Crippen LogP contribution in [0.15, 0.2) is 0 Å². The first-order valence-electron chi connectivity index (χ1n) is 8.21. The summed E-state index contributed by atoms with van der Waals surface area (Å²) in [6.45, 7) is 6.78. The van der Waals surface area contributed by atoms with Gasteiger partial charge < -0.3 is 9.84 Å². The molecule has 1 saturated carbocycles. The molecule has 1 N–H and O–H groups in total. The predicted molar refractivity (Wildman–Crippen MR) is 82.9 cm³/mol. The fourth-order valence-electron chi connectivity index (χ4n) is 3.17. The van der Waals surface area contributed by atoms with Gasteiger partial charge in [-0.3, -0.25) is 0 Å². The van der Waals surface area contributed by atoms with Gasteiger partial charge in [0.25, 0.3) is 0 Å². The van der Waals surface area contributed by atoms with Crippen LogP contribution in [-0.4, -0.2) is 31.2 Å². The smallest absolute Gasteiger partial charge is 0.110 e. The minimum absolute atomic E-state index is 0.316. The van der Waals surface area contributed by atoms with Gasteiger partial charge in [-0.15, -0.1) is 0 Å². The molecule has 1 aliphatic rings. The summed E-state index contributed by atoms with van der Waals surface area (Å²) in [5, 5.41) is 9.48. The minimum atomic E-state index is 0.316. The maximum atomic E-state index is 9.48. The Balaban J connectivity index is 2.52. The van der Waals surface area contributed by atoms with Gasteiger partial charge in [0.1, 0.15) is 7.28 Å². The number of hydrogen-bond acceptors (Lipinski definition) is 2. The van der Waals surface area contributed by atoms with E-state index >= 15 is 0 Å². The van der Waals surface area contributed by atoms with E-state index in [0.29, 0.717) is 24.7 Å². The van der Waals surface area contributed by atoms with Gasteiger partial charge in [-0.2, -0.15) is 0 Å². The van der Waals surface area contributed by atoms with Crippen LogP contribution in [-0.2, 0) is 4.74 Å². The number of aliphatic hydroxyl groups is 1. The lowest BCUT2D eigenvalue weighted by molar-refractivity contribution is -0.00695. The molecule has 0 spiro atoms. The van der Waals surface area contributed by atoms with Crippen molar-refractivity contribution in [3.05, 3.63) is 0 Å². The van der Waals surface area contributed by atoms with E-state index in [1.165, 1.54) is 38.5 Å². The van der Waals surface area contributed by atoms with Crippen molar-refractivity contribution in [2.24, 2.45) is 5.92 Å². The fourth-order valence-corrected chi connectivity index (χ4v) is 3.17. The Morgan fingerprint density at radius 1 is 1.05 bits per heavy atom. The van der Waals surface area contributed by atoms with Crippen molar-refractivity contribution in [1.82, 2.24) is 0 Å². The third-order valence-corrected chi connectivity index (χ3v) is 4.38. The maximum Gasteiger partial charge on any atom is 0.110 e.